The lowest BCUT2D eigenvalue weighted by Gasteiger charge is -2.30. The summed E-state index contributed by atoms with van der Waals surface area (Å²) in [6, 6.07) is 11.7. The zero-order chi connectivity index (χ0) is 14.1. The van der Waals surface area contributed by atoms with E-state index in [1.165, 1.54) is 12.1 Å². The molecule has 0 fully saturated rings. The normalized spacial score (nSPS) is 20.9. The van der Waals surface area contributed by atoms with Gasteiger partial charge in [-0.3, -0.25) is 0 Å². The summed E-state index contributed by atoms with van der Waals surface area (Å²) in [4.78, 5) is 0. The summed E-state index contributed by atoms with van der Waals surface area (Å²) < 4.78 is 24.3. The van der Waals surface area contributed by atoms with Gasteiger partial charge in [-0.2, -0.15) is 0 Å². The molecule has 0 saturated heterocycles. The molecule has 1 N–H and O–H groups in total. The molecule has 0 amide bonds. The van der Waals surface area contributed by atoms with E-state index in [0.717, 1.165) is 11.3 Å². The van der Waals surface area contributed by atoms with Gasteiger partial charge in [0.2, 0.25) is 0 Å². The number of fused-ring (bicyclic) bond motifs is 1. The molecule has 1 aliphatic heterocycles. The second-order valence-electron chi connectivity index (χ2n) is 4.82. The van der Waals surface area contributed by atoms with Crippen LogP contribution >= 0.6 is 0 Å². The SMILES string of the molecule is COc1cccc(C2C[C@@H](O)c3cc(F)ccc3O2)c1. The highest BCUT2D eigenvalue weighted by Gasteiger charge is 2.28. The number of ether oxygens (including phenoxy) is 2. The van der Waals surface area contributed by atoms with Crippen LogP contribution in [0.1, 0.15) is 29.8 Å². The van der Waals surface area contributed by atoms with E-state index in [9.17, 15) is 9.50 Å². The average molecular weight is 274 g/mol. The van der Waals surface area contributed by atoms with Crippen LogP contribution in [0, 0.1) is 5.82 Å². The molecule has 4 heteroatoms. The lowest BCUT2D eigenvalue weighted by molar-refractivity contribution is 0.0652. The van der Waals surface area contributed by atoms with Crippen molar-refractivity contribution < 1.29 is 19.0 Å². The minimum Gasteiger partial charge on any atom is -0.497 e. The average Bonchev–Trinajstić information content (AvgIpc) is 2.48. The monoisotopic (exact) mass is 274 g/mol. The van der Waals surface area contributed by atoms with Gasteiger partial charge in [-0.15, -0.1) is 0 Å². The van der Waals surface area contributed by atoms with Crippen molar-refractivity contribution in [3.63, 3.8) is 0 Å². The standard InChI is InChI=1S/C16H15FO3/c1-19-12-4-2-3-10(7-12)16-9-14(18)13-8-11(17)5-6-15(13)20-16/h2-8,14,16,18H,9H2,1H3/t14-,16?/m1/s1. The van der Waals surface area contributed by atoms with Gasteiger partial charge in [-0.05, 0) is 35.9 Å². The van der Waals surface area contributed by atoms with E-state index >= 15 is 0 Å². The zero-order valence-electron chi connectivity index (χ0n) is 11.0. The van der Waals surface area contributed by atoms with Gasteiger partial charge < -0.3 is 14.6 Å². The van der Waals surface area contributed by atoms with E-state index in [1.54, 1.807) is 13.2 Å². The summed E-state index contributed by atoms with van der Waals surface area (Å²) in [6.07, 6.45) is -0.604. The van der Waals surface area contributed by atoms with Gasteiger partial charge in [0.05, 0.1) is 13.2 Å². The Morgan fingerprint density at radius 1 is 1.25 bits per heavy atom. The van der Waals surface area contributed by atoms with Crippen LogP contribution in [0.5, 0.6) is 11.5 Å². The molecule has 104 valence electrons. The first-order valence-corrected chi connectivity index (χ1v) is 6.45. The van der Waals surface area contributed by atoms with Gasteiger partial charge >= 0.3 is 0 Å². The molecule has 2 aromatic carbocycles. The third-order valence-corrected chi connectivity index (χ3v) is 3.50. The molecule has 1 unspecified atom stereocenters. The third-order valence-electron chi connectivity index (χ3n) is 3.50. The highest BCUT2D eigenvalue weighted by Crippen LogP contribution is 2.41. The van der Waals surface area contributed by atoms with E-state index in [0.29, 0.717) is 17.7 Å². The first kappa shape index (κ1) is 12.9. The Kier molecular flexibility index (Phi) is 3.32. The van der Waals surface area contributed by atoms with Gasteiger partial charge in [0.1, 0.15) is 23.4 Å². The lowest BCUT2D eigenvalue weighted by atomic mass is 9.95. The van der Waals surface area contributed by atoms with E-state index in [4.69, 9.17) is 9.47 Å². The minimum absolute atomic E-state index is 0.266. The maximum atomic E-state index is 13.2. The second kappa shape index (κ2) is 5.13. The van der Waals surface area contributed by atoms with E-state index < -0.39 is 6.10 Å². The van der Waals surface area contributed by atoms with E-state index in [-0.39, 0.29) is 11.9 Å². The quantitative estimate of drug-likeness (QED) is 0.912. The summed E-state index contributed by atoms with van der Waals surface area (Å²) in [5.74, 6) is 0.898. The van der Waals surface area contributed by atoms with Crippen molar-refractivity contribution in [1.82, 2.24) is 0 Å². The predicted molar refractivity (Wildman–Crippen MR) is 72.3 cm³/mol. The minimum atomic E-state index is -0.731. The smallest absolute Gasteiger partial charge is 0.127 e. The number of halogens is 1. The maximum absolute atomic E-state index is 13.2. The first-order chi connectivity index (χ1) is 9.67. The molecule has 20 heavy (non-hydrogen) atoms. The van der Waals surface area contributed by atoms with Crippen LogP contribution in [0.25, 0.3) is 0 Å². The van der Waals surface area contributed by atoms with Crippen molar-refractivity contribution in [3.8, 4) is 11.5 Å². The highest BCUT2D eigenvalue weighted by molar-refractivity contribution is 5.39. The molecule has 2 atom stereocenters. The Morgan fingerprint density at radius 3 is 2.90 bits per heavy atom. The van der Waals surface area contributed by atoms with Crippen molar-refractivity contribution in [1.29, 1.82) is 0 Å². The zero-order valence-corrected chi connectivity index (χ0v) is 11.0. The molecule has 0 aliphatic carbocycles. The fraction of sp³-hybridized carbons (Fsp3) is 0.250. The van der Waals surface area contributed by atoms with Crippen molar-refractivity contribution in [2.75, 3.05) is 7.11 Å². The van der Waals surface area contributed by atoms with Crippen molar-refractivity contribution in [2.24, 2.45) is 0 Å². The number of methoxy groups -OCH3 is 1. The molecule has 3 rings (SSSR count). The molecular weight excluding hydrogens is 259 g/mol. The summed E-state index contributed by atoms with van der Waals surface area (Å²) in [6.45, 7) is 0. The van der Waals surface area contributed by atoms with E-state index in [2.05, 4.69) is 0 Å². The number of benzene rings is 2. The predicted octanol–water partition coefficient (Wildman–Crippen LogP) is 3.39. The van der Waals surface area contributed by atoms with Gasteiger partial charge in [-0.1, -0.05) is 12.1 Å². The van der Waals surface area contributed by atoms with E-state index in [1.807, 2.05) is 24.3 Å². The van der Waals surface area contributed by atoms with Crippen LogP contribution < -0.4 is 9.47 Å². The lowest BCUT2D eigenvalue weighted by Crippen LogP contribution is -2.19. The van der Waals surface area contributed by atoms with Crippen LogP contribution in [-0.2, 0) is 0 Å². The van der Waals surface area contributed by atoms with Crippen molar-refractivity contribution in [2.45, 2.75) is 18.6 Å². The number of hydrogen-bond donors (Lipinski definition) is 1. The second-order valence-corrected chi connectivity index (χ2v) is 4.82. The van der Waals surface area contributed by atoms with Crippen LogP contribution in [0.15, 0.2) is 42.5 Å². The Balaban J connectivity index is 1.92. The molecular formula is C16H15FO3. The Labute approximate surface area is 116 Å². The largest absolute Gasteiger partial charge is 0.497 e. The van der Waals surface area contributed by atoms with Gasteiger partial charge in [-0.25, -0.2) is 4.39 Å². The third kappa shape index (κ3) is 2.34. The van der Waals surface area contributed by atoms with Crippen LogP contribution in [-0.4, -0.2) is 12.2 Å². The van der Waals surface area contributed by atoms with Crippen LogP contribution in [0.3, 0.4) is 0 Å². The number of rotatable bonds is 2. The van der Waals surface area contributed by atoms with Gasteiger partial charge in [0.15, 0.2) is 0 Å². The molecule has 0 spiro atoms. The van der Waals surface area contributed by atoms with Crippen molar-refractivity contribution >= 4 is 0 Å². The van der Waals surface area contributed by atoms with Gasteiger partial charge in [0, 0.05) is 12.0 Å². The molecule has 0 aromatic heterocycles. The van der Waals surface area contributed by atoms with Crippen LogP contribution in [0.2, 0.25) is 0 Å². The molecule has 0 bridgehead atoms. The topological polar surface area (TPSA) is 38.7 Å². The molecule has 2 aromatic rings. The Morgan fingerprint density at radius 2 is 2.10 bits per heavy atom. The highest BCUT2D eigenvalue weighted by atomic mass is 19.1. The molecule has 1 heterocycles. The number of aliphatic hydroxyl groups is 1. The number of hydrogen-bond acceptors (Lipinski definition) is 3. The maximum Gasteiger partial charge on any atom is 0.127 e. The summed E-state index contributed by atoms with van der Waals surface area (Å²) >= 11 is 0. The molecule has 3 nitrogen and oxygen atoms in total. The van der Waals surface area contributed by atoms with Gasteiger partial charge in [0.25, 0.3) is 0 Å². The summed E-state index contributed by atoms with van der Waals surface area (Å²) in [5, 5.41) is 10.2. The molecule has 0 saturated carbocycles. The van der Waals surface area contributed by atoms with Crippen molar-refractivity contribution in [3.05, 3.63) is 59.4 Å². The van der Waals surface area contributed by atoms with Crippen LogP contribution in [0.4, 0.5) is 4.39 Å². The first-order valence-electron chi connectivity index (χ1n) is 6.45. The Bertz CT molecular complexity index is 627. The summed E-state index contributed by atoms with van der Waals surface area (Å²) in [7, 11) is 1.60. The number of aliphatic hydroxyl groups excluding tert-OH is 1. The molecule has 1 aliphatic rings. The Hall–Kier alpha value is -2.07. The fourth-order valence-electron chi connectivity index (χ4n) is 2.46. The fourth-order valence-corrected chi connectivity index (χ4v) is 2.46. The molecule has 0 radical (unpaired) electrons. The summed E-state index contributed by atoms with van der Waals surface area (Å²) in [5.41, 5.74) is 1.43.